The Morgan fingerprint density at radius 3 is 2.52 bits per heavy atom. The topological polar surface area (TPSA) is 65.8 Å². The van der Waals surface area contributed by atoms with Gasteiger partial charge < -0.3 is 5.32 Å². The molecule has 29 heavy (non-hydrogen) atoms. The van der Waals surface area contributed by atoms with Crippen LogP contribution >= 0.6 is 0 Å². The van der Waals surface area contributed by atoms with Crippen molar-refractivity contribution in [2.45, 2.75) is 38.5 Å². The van der Waals surface area contributed by atoms with E-state index < -0.39 is 0 Å². The number of carbonyl (C=O) groups is 1. The maximum absolute atomic E-state index is 12.7. The molecule has 0 bridgehead atoms. The molecule has 0 aliphatic heterocycles. The van der Waals surface area contributed by atoms with E-state index in [0.717, 1.165) is 36.9 Å². The van der Waals surface area contributed by atoms with Crippen molar-refractivity contribution in [3.05, 3.63) is 71.9 Å². The number of rotatable bonds is 4. The van der Waals surface area contributed by atoms with E-state index in [1.165, 1.54) is 10.9 Å². The van der Waals surface area contributed by atoms with Crippen molar-refractivity contribution >= 4 is 22.5 Å². The van der Waals surface area contributed by atoms with Gasteiger partial charge in [-0.3, -0.25) is 9.78 Å². The lowest BCUT2D eigenvalue weighted by molar-refractivity contribution is -0.121. The molecule has 4 heteroatoms. The molecule has 146 valence electrons. The summed E-state index contributed by atoms with van der Waals surface area (Å²) in [6.45, 7) is 2.03. The van der Waals surface area contributed by atoms with Crippen LogP contribution in [0.5, 0.6) is 0 Å². The van der Waals surface area contributed by atoms with Gasteiger partial charge in [-0.25, -0.2) is 0 Å². The van der Waals surface area contributed by atoms with E-state index in [0.29, 0.717) is 17.4 Å². The molecule has 1 aromatic heterocycles. The highest BCUT2D eigenvalue weighted by atomic mass is 16.1. The van der Waals surface area contributed by atoms with Crippen molar-refractivity contribution in [3.8, 4) is 6.07 Å². The van der Waals surface area contributed by atoms with Crippen LogP contribution in [0, 0.1) is 23.2 Å². The fourth-order valence-corrected chi connectivity index (χ4v) is 4.50. The highest BCUT2D eigenvalue weighted by Crippen LogP contribution is 2.40. The first-order valence-corrected chi connectivity index (χ1v) is 10.3. The average Bonchev–Trinajstić information content (AvgIpc) is 2.79. The molecule has 0 saturated heterocycles. The van der Waals surface area contributed by atoms with Crippen molar-refractivity contribution in [1.29, 1.82) is 5.26 Å². The molecule has 0 spiro atoms. The zero-order valence-corrected chi connectivity index (χ0v) is 16.6. The van der Waals surface area contributed by atoms with Gasteiger partial charge >= 0.3 is 0 Å². The summed E-state index contributed by atoms with van der Waals surface area (Å²) >= 11 is 0. The lowest BCUT2D eigenvalue weighted by atomic mass is 9.73. The highest BCUT2D eigenvalue weighted by molar-refractivity contribution is 5.92. The molecule has 4 nitrogen and oxygen atoms in total. The zero-order valence-electron chi connectivity index (χ0n) is 16.6. The summed E-state index contributed by atoms with van der Waals surface area (Å²) in [7, 11) is 0. The predicted molar refractivity (Wildman–Crippen MR) is 115 cm³/mol. The summed E-state index contributed by atoms with van der Waals surface area (Å²) in [6.07, 6.45) is 6.24. The third-order valence-electron chi connectivity index (χ3n) is 6.30. The van der Waals surface area contributed by atoms with E-state index in [4.69, 9.17) is 5.26 Å². The highest BCUT2D eigenvalue weighted by Gasteiger charge is 2.30. The second-order valence-electron chi connectivity index (χ2n) is 8.00. The molecule has 1 atom stereocenters. The van der Waals surface area contributed by atoms with E-state index in [-0.39, 0.29) is 11.8 Å². The lowest BCUT2D eigenvalue weighted by Crippen LogP contribution is -2.29. The van der Waals surface area contributed by atoms with Crippen LogP contribution in [0.25, 0.3) is 10.9 Å². The quantitative estimate of drug-likeness (QED) is 0.632. The number of nitrogens with one attached hydrogen (secondary N) is 1. The van der Waals surface area contributed by atoms with Gasteiger partial charge in [0.2, 0.25) is 5.91 Å². The second kappa shape index (κ2) is 8.45. The third kappa shape index (κ3) is 4.14. The number of nitrogens with zero attached hydrogens (tertiary/aromatic N) is 2. The van der Waals surface area contributed by atoms with Gasteiger partial charge in [-0.15, -0.1) is 0 Å². The molecule has 1 aliphatic rings. The SMILES string of the molecule is C[C@@H](C(=O)Nc1ccc(C#N)cc1)C1CCC(c2ccnc3ccccc23)CC1. The largest absolute Gasteiger partial charge is 0.326 e. The number of fused-ring (bicyclic) bond motifs is 1. The summed E-state index contributed by atoms with van der Waals surface area (Å²) in [5, 5.41) is 13.1. The van der Waals surface area contributed by atoms with E-state index >= 15 is 0 Å². The molecular formula is C25H25N3O. The molecule has 1 amide bonds. The molecule has 0 radical (unpaired) electrons. The third-order valence-corrected chi connectivity index (χ3v) is 6.30. The number of anilines is 1. The Bertz CT molecular complexity index is 1040. The summed E-state index contributed by atoms with van der Waals surface area (Å²) in [4.78, 5) is 17.2. The second-order valence-corrected chi connectivity index (χ2v) is 8.00. The number of aromatic nitrogens is 1. The first-order chi connectivity index (χ1) is 14.2. The fourth-order valence-electron chi connectivity index (χ4n) is 4.50. The molecule has 1 N–H and O–H groups in total. The first kappa shape index (κ1) is 19.1. The lowest BCUT2D eigenvalue weighted by Gasteiger charge is -2.32. The number of carbonyl (C=O) groups excluding carboxylic acids is 1. The van der Waals surface area contributed by atoms with Crippen LogP contribution in [0.4, 0.5) is 5.69 Å². The summed E-state index contributed by atoms with van der Waals surface area (Å²) in [5.41, 5.74) is 3.79. The minimum Gasteiger partial charge on any atom is -0.326 e. The Balaban J connectivity index is 1.38. The Morgan fingerprint density at radius 1 is 1.07 bits per heavy atom. The predicted octanol–water partition coefficient (Wildman–Crippen LogP) is 5.66. The number of hydrogen-bond donors (Lipinski definition) is 1. The molecule has 1 heterocycles. The fraction of sp³-hybridized carbons (Fsp3) is 0.320. The minimum atomic E-state index is -0.0271. The Kier molecular flexibility index (Phi) is 5.57. The van der Waals surface area contributed by atoms with Crippen LogP contribution in [0.3, 0.4) is 0 Å². The zero-order chi connectivity index (χ0) is 20.2. The Hall–Kier alpha value is -3.19. The number of pyridine rings is 1. The van der Waals surface area contributed by atoms with Gasteiger partial charge in [-0.1, -0.05) is 25.1 Å². The first-order valence-electron chi connectivity index (χ1n) is 10.3. The molecule has 1 fully saturated rings. The van der Waals surface area contributed by atoms with Gasteiger partial charge in [0.25, 0.3) is 0 Å². The number of para-hydroxylation sites is 1. The van der Waals surface area contributed by atoms with E-state index in [2.05, 4.69) is 40.6 Å². The number of nitriles is 1. The van der Waals surface area contributed by atoms with Gasteiger partial charge in [-0.05, 0) is 79.5 Å². The monoisotopic (exact) mass is 383 g/mol. The van der Waals surface area contributed by atoms with Gasteiger partial charge in [-0.2, -0.15) is 5.26 Å². The van der Waals surface area contributed by atoms with Gasteiger partial charge in [0, 0.05) is 23.2 Å². The van der Waals surface area contributed by atoms with Crippen LogP contribution in [-0.4, -0.2) is 10.9 Å². The summed E-state index contributed by atoms with van der Waals surface area (Å²) < 4.78 is 0. The van der Waals surface area contributed by atoms with Crippen molar-refractivity contribution in [3.63, 3.8) is 0 Å². The number of amides is 1. The minimum absolute atomic E-state index is 0.0271. The van der Waals surface area contributed by atoms with Crippen molar-refractivity contribution in [2.24, 2.45) is 11.8 Å². The van der Waals surface area contributed by atoms with Crippen molar-refractivity contribution in [1.82, 2.24) is 4.98 Å². The summed E-state index contributed by atoms with van der Waals surface area (Å²) in [5.74, 6) is 0.971. The Labute approximate surface area is 171 Å². The van der Waals surface area contributed by atoms with Gasteiger partial charge in [0.15, 0.2) is 0 Å². The number of hydrogen-bond acceptors (Lipinski definition) is 3. The molecule has 4 rings (SSSR count). The van der Waals surface area contributed by atoms with Crippen LogP contribution in [0.2, 0.25) is 0 Å². The maximum Gasteiger partial charge on any atom is 0.227 e. The van der Waals surface area contributed by atoms with E-state index in [9.17, 15) is 4.79 Å². The molecule has 2 aromatic carbocycles. The number of benzene rings is 2. The Morgan fingerprint density at radius 2 is 1.79 bits per heavy atom. The van der Waals surface area contributed by atoms with Crippen LogP contribution in [0.15, 0.2) is 60.8 Å². The van der Waals surface area contributed by atoms with Crippen LogP contribution < -0.4 is 5.32 Å². The molecule has 1 aliphatic carbocycles. The summed E-state index contributed by atoms with van der Waals surface area (Å²) in [6, 6.07) is 19.6. The standard InChI is InChI=1S/C25H25N3O/c1-17(25(29)28-21-12-6-18(16-26)7-13-21)19-8-10-20(11-9-19)22-14-15-27-24-5-3-2-4-23(22)24/h2-7,12-15,17,19-20H,8-11H2,1H3,(H,28,29)/t17-,19?,20?/m1/s1. The smallest absolute Gasteiger partial charge is 0.227 e. The molecule has 3 aromatic rings. The maximum atomic E-state index is 12.7. The van der Waals surface area contributed by atoms with Gasteiger partial charge in [0.05, 0.1) is 17.1 Å². The van der Waals surface area contributed by atoms with Crippen LogP contribution in [0.1, 0.15) is 49.7 Å². The van der Waals surface area contributed by atoms with E-state index in [1.54, 1.807) is 24.3 Å². The average molecular weight is 383 g/mol. The normalized spacial score (nSPS) is 20.0. The van der Waals surface area contributed by atoms with Crippen LogP contribution in [-0.2, 0) is 4.79 Å². The van der Waals surface area contributed by atoms with Crippen molar-refractivity contribution in [2.75, 3.05) is 5.32 Å². The van der Waals surface area contributed by atoms with Crippen molar-refractivity contribution < 1.29 is 4.79 Å². The molecular weight excluding hydrogens is 358 g/mol. The van der Waals surface area contributed by atoms with E-state index in [1.807, 2.05) is 19.2 Å². The molecule has 1 saturated carbocycles. The molecule has 0 unspecified atom stereocenters. The van der Waals surface area contributed by atoms with Gasteiger partial charge in [0.1, 0.15) is 0 Å².